The van der Waals surface area contributed by atoms with Crippen molar-refractivity contribution in [1.82, 2.24) is 19.8 Å². The first-order valence-electron chi connectivity index (χ1n) is 8.55. The minimum Gasteiger partial charge on any atom is -0.300 e. The van der Waals surface area contributed by atoms with Crippen LogP contribution in [0.4, 0.5) is 0 Å². The second kappa shape index (κ2) is 8.10. The molecule has 0 saturated carbocycles. The molecule has 0 fully saturated rings. The topological polar surface area (TPSA) is 32.3 Å². The summed E-state index contributed by atoms with van der Waals surface area (Å²) in [6, 6.07) is 9.37. The van der Waals surface area contributed by atoms with Crippen molar-refractivity contribution >= 4 is 11.8 Å². The van der Waals surface area contributed by atoms with Gasteiger partial charge in [0.15, 0.2) is 5.16 Å². The molecule has 0 radical (unpaired) electrons. The highest BCUT2D eigenvalue weighted by Crippen LogP contribution is 2.22. The normalized spacial score (nSPS) is 17.9. The molecule has 0 bridgehead atoms. The molecule has 0 spiro atoms. The van der Waals surface area contributed by atoms with E-state index in [2.05, 4.69) is 65.1 Å². The van der Waals surface area contributed by atoms with Crippen LogP contribution in [0.2, 0.25) is 0 Å². The van der Waals surface area contributed by atoms with Gasteiger partial charge < -0.3 is 4.90 Å². The Labute approximate surface area is 149 Å². The van der Waals surface area contributed by atoms with E-state index in [9.17, 15) is 0 Å². The summed E-state index contributed by atoms with van der Waals surface area (Å²) in [5.41, 5.74) is 4.14. The van der Waals surface area contributed by atoms with Crippen LogP contribution < -0.4 is 0 Å². The molecule has 3 rings (SSSR count). The molecule has 128 valence electrons. The minimum absolute atomic E-state index is 0.556. The third kappa shape index (κ3) is 4.35. The number of thioether (sulfide) groups is 1. The molecule has 0 saturated heterocycles. The number of rotatable bonds is 6. The standard InChI is InChI=1S/C19H26N4S/c1-4-24-19-20-10-15(11-21-19)12-22(2)14-18-9-16-7-5-6-8-17(16)13-23(18)3/h5-8,10-11,18H,4,9,12-14H2,1-3H3. The van der Waals surface area contributed by atoms with Crippen molar-refractivity contribution in [3.05, 3.63) is 53.3 Å². The van der Waals surface area contributed by atoms with Crippen LogP contribution in [0, 0.1) is 0 Å². The summed E-state index contributed by atoms with van der Waals surface area (Å²) in [6.45, 7) is 5.11. The van der Waals surface area contributed by atoms with E-state index in [1.807, 2.05) is 12.4 Å². The third-order valence-electron chi connectivity index (χ3n) is 4.55. The van der Waals surface area contributed by atoms with E-state index < -0.39 is 0 Å². The molecule has 0 aliphatic carbocycles. The van der Waals surface area contributed by atoms with Crippen LogP contribution in [0.25, 0.3) is 0 Å². The van der Waals surface area contributed by atoms with Crippen LogP contribution >= 0.6 is 11.8 Å². The van der Waals surface area contributed by atoms with E-state index in [1.165, 1.54) is 16.7 Å². The summed E-state index contributed by atoms with van der Waals surface area (Å²) in [5.74, 6) is 1.01. The van der Waals surface area contributed by atoms with Crippen LogP contribution in [-0.4, -0.2) is 52.2 Å². The highest BCUT2D eigenvalue weighted by atomic mass is 32.2. The van der Waals surface area contributed by atoms with Gasteiger partial charge >= 0.3 is 0 Å². The van der Waals surface area contributed by atoms with Crippen molar-refractivity contribution < 1.29 is 0 Å². The molecule has 4 nitrogen and oxygen atoms in total. The molecule has 24 heavy (non-hydrogen) atoms. The lowest BCUT2D eigenvalue weighted by molar-refractivity contribution is 0.158. The highest BCUT2D eigenvalue weighted by molar-refractivity contribution is 7.99. The lowest BCUT2D eigenvalue weighted by Gasteiger charge is -2.36. The van der Waals surface area contributed by atoms with E-state index >= 15 is 0 Å². The number of likely N-dealkylation sites (N-methyl/N-ethyl adjacent to an activating group) is 2. The number of aromatic nitrogens is 2. The molecule has 1 aliphatic rings. The summed E-state index contributed by atoms with van der Waals surface area (Å²) in [7, 11) is 4.41. The Kier molecular flexibility index (Phi) is 5.87. The molecule has 2 aromatic rings. The van der Waals surface area contributed by atoms with E-state index in [4.69, 9.17) is 0 Å². The summed E-state index contributed by atoms with van der Waals surface area (Å²) >= 11 is 1.68. The van der Waals surface area contributed by atoms with E-state index in [0.717, 1.165) is 37.0 Å². The zero-order valence-corrected chi connectivity index (χ0v) is 15.6. The fourth-order valence-electron chi connectivity index (χ4n) is 3.29. The molecule has 1 aromatic carbocycles. The van der Waals surface area contributed by atoms with E-state index in [1.54, 1.807) is 11.8 Å². The number of nitrogens with zero attached hydrogens (tertiary/aromatic N) is 4. The molecule has 5 heteroatoms. The van der Waals surface area contributed by atoms with Crippen LogP contribution in [0.1, 0.15) is 23.6 Å². The van der Waals surface area contributed by atoms with Crippen molar-refractivity contribution in [2.24, 2.45) is 0 Å². The van der Waals surface area contributed by atoms with Crippen molar-refractivity contribution in [3.63, 3.8) is 0 Å². The third-order valence-corrected chi connectivity index (χ3v) is 5.30. The first-order valence-corrected chi connectivity index (χ1v) is 9.53. The Balaban J connectivity index is 1.57. The Morgan fingerprint density at radius 2 is 1.92 bits per heavy atom. The molecule has 1 atom stereocenters. The molecule has 1 unspecified atom stereocenters. The van der Waals surface area contributed by atoms with Crippen LogP contribution in [0.5, 0.6) is 0 Å². The monoisotopic (exact) mass is 342 g/mol. The van der Waals surface area contributed by atoms with Gasteiger partial charge in [0.1, 0.15) is 0 Å². The first-order chi connectivity index (χ1) is 11.7. The maximum atomic E-state index is 4.43. The lowest BCUT2D eigenvalue weighted by atomic mass is 9.94. The van der Waals surface area contributed by atoms with Gasteiger partial charge in [0.2, 0.25) is 0 Å². The second-order valence-electron chi connectivity index (χ2n) is 6.55. The first kappa shape index (κ1) is 17.4. The number of hydrogen-bond acceptors (Lipinski definition) is 5. The summed E-state index contributed by atoms with van der Waals surface area (Å²) < 4.78 is 0. The quantitative estimate of drug-likeness (QED) is 0.595. The van der Waals surface area contributed by atoms with Crippen LogP contribution in [0.15, 0.2) is 41.8 Å². The Bertz CT molecular complexity index is 659. The molecular formula is C19H26N4S. The zero-order valence-electron chi connectivity index (χ0n) is 14.8. The van der Waals surface area contributed by atoms with Gasteiger partial charge in [-0.3, -0.25) is 4.90 Å². The SMILES string of the molecule is CCSc1ncc(CN(C)CC2Cc3ccccc3CN2C)cn1. The smallest absolute Gasteiger partial charge is 0.187 e. The van der Waals surface area contributed by atoms with Gasteiger partial charge in [-0.15, -0.1) is 0 Å². The van der Waals surface area contributed by atoms with Crippen molar-refractivity contribution in [2.45, 2.75) is 37.6 Å². The fourth-order valence-corrected chi connectivity index (χ4v) is 3.80. The van der Waals surface area contributed by atoms with Gasteiger partial charge in [-0.25, -0.2) is 9.97 Å². The van der Waals surface area contributed by atoms with Crippen LogP contribution in [-0.2, 0) is 19.5 Å². The molecular weight excluding hydrogens is 316 g/mol. The number of hydrogen-bond donors (Lipinski definition) is 0. The van der Waals surface area contributed by atoms with E-state index in [0.29, 0.717) is 6.04 Å². The molecule has 1 aliphatic heterocycles. The maximum absolute atomic E-state index is 4.43. The summed E-state index contributed by atoms with van der Waals surface area (Å²) in [6.07, 6.45) is 5.04. The zero-order chi connectivity index (χ0) is 16.9. The van der Waals surface area contributed by atoms with Gasteiger partial charge in [-0.2, -0.15) is 0 Å². The molecule has 0 amide bonds. The van der Waals surface area contributed by atoms with Gasteiger partial charge in [-0.05, 0) is 37.4 Å². The number of benzene rings is 1. The van der Waals surface area contributed by atoms with Gasteiger partial charge in [-0.1, -0.05) is 43.0 Å². The Morgan fingerprint density at radius 1 is 1.21 bits per heavy atom. The van der Waals surface area contributed by atoms with Gasteiger partial charge in [0.05, 0.1) is 0 Å². The molecule has 0 N–H and O–H groups in total. The fraction of sp³-hybridized carbons (Fsp3) is 0.474. The molecule has 1 aromatic heterocycles. The van der Waals surface area contributed by atoms with E-state index in [-0.39, 0.29) is 0 Å². The second-order valence-corrected chi connectivity index (χ2v) is 7.78. The average molecular weight is 343 g/mol. The Hall–Kier alpha value is -1.43. The number of fused-ring (bicyclic) bond motifs is 1. The van der Waals surface area contributed by atoms with Gasteiger partial charge in [0, 0.05) is 43.6 Å². The van der Waals surface area contributed by atoms with Crippen molar-refractivity contribution in [2.75, 3.05) is 26.4 Å². The molecule has 2 heterocycles. The minimum atomic E-state index is 0.556. The predicted molar refractivity (Wildman–Crippen MR) is 100 cm³/mol. The van der Waals surface area contributed by atoms with Crippen LogP contribution in [0.3, 0.4) is 0 Å². The predicted octanol–water partition coefficient (Wildman–Crippen LogP) is 3.08. The highest BCUT2D eigenvalue weighted by Gasteiger charge is 2.24. The largest absolute Gasteiger partial charge is 0.300 e. The average Bonchev–Trinajstić information content (AvgIpc) is 2.57. The summed E-state index contributed by atoms with van der Waals surface area (Å²) in [4.78, 5) is 13.7. The Morgan fingerprint density at radius 3 is 2.62 bits per heavy atom. The summed E-state index contributed by atoms with van der Waals surface area (Å²) in [5, 5.41) is 0.868. The lowest BCUT2D eigenvalue weighted by Crippen LogP contribution is -2.44. The van der Waals surface area contributed by atoms with Crippen molar-refractivity contribution in [1.29, 1.82) is 0 Å². The van der Waals surface area contributed by atoms with Crippen molar-refractivity contribution in [3.8, 4) is 0 Å². The maximum Gasteiger partial charge on any atom is 0.187 e. The van der Waals surface area contributed by atoms with Gasteiger partial charge in [0.25, 0.3) is 0 Å².